The third-order valence-corrected chi connectivity index (χ3v) is 4.31. The molecule has 2 N–H and O–H groups in total. The molecule has 0 aliphatic carbocycles. The summed E-state index contributed by atoms with van der Waals surface area (Å²) in [4.78, 5) is 2.55. The van der Waals surface area contributed by atoms with E-state index in [0.717, 1.165) is 42.4 Å². The van der Waals surface area contributed by atoms with Crippen LogP contribution in [0.4, 0.5) is 0 Å². The van der Waals surface area contributed by atoms with Gasteiger partial charge in [-0.05, 0) is 45.0 Å². The van der Waals surface area contributed by atoms with E-state index in [-0.39, 0.29) is 0 Å². The normalized spacial score (nSPS) is 19.4. The van der Waals surface area contributed by atoms with Crippen molar-refractivity contribution in [1.29, 1.82) is 0 Å². The topological polar surface area (TPSA) is 57.1 Å². The third-order valence-electron chi connectivity index (χ3n) is 4.31. The lowest BCUT2D eigenvalue weighted by Gasteiger charge is -2.22. The molecule has 0 spiro atoms. The zero-order valence-corrected chi connectivity index (χ0v) is 12.9. The molecule has 5 heteroatoms. The van der Waals surface area contributed by atoms with E-state index < -0.39 is 0 Å². The van der Waals surface area contributed by atoms with Crippen molar-refractivity contribution in [3.63, 3.8) is 0 Å². The van der Waals surface area contributed by atoms with E-state index in [4.69, 9.17) is 4.42 Å². The number of H-pyrrole nitrogens is 1. The van der Waals surface area contributed by atoms with Gasteiger partial charge in [0, 0.05) is 24.7 Å². The van der Waals surface area contributed by atoms with Gasteiger partial charge >= 0.3 is 0 Å². The largest absolute Gasteiger partial charge is 0.460 e. The molecule has 1 atom stereocenters. The van der Waals surface area contributed by atoms with E-state index in [1.807, 2.05) is 25.3 Å². The van der Waals surface area contributed by atoms with Crippen molar-refractivity contribution in [2.24, 2.45) is 0 Å². The van der Waals surface area contributed by atoms with Crippen molar-refractivity contribution in [2.75, 3.05) is 19.6 Å². The highest BCUT2D eigenvalue weighted by Crippen LogP contribution is 2.23. The number of aromatic amines is 1. The van der Waals surface area contributed by atoms with E-state index >= 15 is 0 Å². The summed E-state index contributed by atoms with van der Waals surface area (Å²) in [7, 11) is 0. The van der Waals surface area contributed by atoms with Crippen molar-refractivity contribution >= 4 is 0 Å². The number of aryl methyl sites for hydroxylation is 1. The summed E-state index contributed by atoms with van der Waals surface area (Å²) >= 11 is 0. The minimum atomic E-state index is 0.677. The summed E-state index contributed by atoms with van der Waals surface area (Å²) < 4.78 is 5.68. The van der Waals surface area contributed by atoms with Gasteiger partial charge in [-0.25, -0.2) is 0 Å². The predicted octanol–water partition coefficient (Wildman–Crippen LogP) is 2.55. The second kappa shape index (κ2) is 6.45. The van der Waals surface area contributed by atoms with Crippen LogP contribution < -0.4 is 5.32 Å². The fourth-order valence-electron chi connectivity index (χ4n) is 3.14. The third kappa shape index (κ3) is 3.19. The standard InChI is InChI=1S/C16H24N4O/c1-3-20-8-4-5-14(20)11-17-9-13-10-18-19-16(13)15-7-6-12(2)21-15/h6-7,10,14,17H,3-5,8-9,11H2,1-2H3,(H,18,19)/t14-/m1/s1. The lowest BCUT2D eigenvalue weighted by molar-refractivity contribution is 0.260. The predicted molar refractivity (Wildman–Crippen MR) is 83.0 cm³/mol. The summed E-state index contributed by atoms with van der Waals surface area (Å²) in [5.41, 5.74) is 2.14. The van der Waals surface area contributed by atoms with E-state index in [1.54, 1.807) is 0 Å². The van der Waals surface area contributed by atoms with Crippen molar-refractivity contribution in [3.8, 4) is 11.5 Å². The second-order valence-electron chi connectivity index (χ2n) is 5.74. The molecular formula is C16H24N4O. The van der Waals surface area contributed by atoms with Gasteiger partial charge in [-0.15, -0.1) is 0 Å². The van der Waals surface area contributed by atoms with E-state index in [2.05, 4.69) is 27.3 Å². The minimum absolute atomic E-state index is 0.677. The number of hydrogen-bond acceptors (Lipinski definition) is 4. The Morgan fingerprint density at radius 1 is 1.48 bits per heavy atom. The van der Waals surface area contributed by atoms with Crippen molar-refractivity contribution in [1.82, 2.24) is 20.4 Å². The maximum atomic E-state index is 5.68. The molecular weight excluding hydrogens is 264 g/mol. The number of hydrogen-bond donors (Lipinski definition) is 2. The summed E-state index contributed by atoms with van der Waals surface area (Å²) in [5, 5.41) is 10.8. The zero-order chi connectivity index (χ0) is 14.7. The van der Waals surface area contributed by atoms with Crippen molar-refractivity contribution in [2.45, 2.75) is 39.3 Å². The van der Waals surface area contributed by atoms with Crippen molar-refractivity contribution in [3.05, 3.63) is 29.7 Å². The van der Waals surface area contributed by atoms with Gasteiger partial charge in [-0.2, -0.15) is 5.10 Å². The van der Waals surface area contributed by atoms with Gasteiger partial charge in [0.2, 0.25) is 0 Å². The molecule has 2 aromatic heterocycles. The van der Waals surface area contributed by atoms with Crippen LogP contribution in [0.1, 0.15) is 31.1 Å². The van der Waals surface area contributed by atoms with Crippen molar-refractivity contribution < 1.29 is 4.42 Å². The Morgan fingerprint density at radius 3 is 3.14 bits per heavy atom. The van der Waals surface area contributed by atoms with Gasteiger partial charge in [0.15, 0.2) is 5.76 Å². The summed E-state index contributed by atoms with van der Waals surface area (Å²) in [5.74, 6) is 1.78. The van der Waals surface area contributed by atoms with Crippen LogP contribution in [0.15, 0.2) is 22.7 Å². The monoisotopic (exact) mass is 288 g/mol. The Balaban J connectivity index is 1.58. The first kappa shape index (κ1) is 14.4. The molecule has 0 saturated carbocycles. The number of nitrogens with one attached hydrogen (secondary N) is 2. The molecule has 21 heavy (non-hydrogen) atoms. The first-order valence-corrected chi connectivity index (χ1v) is 7.81. The first-order chi connectivity index (χ1) is 10.3. The Bertz CT molecular complexity index is 574. The number of nitrogens with zero attached hydrogens (tertiary/aromatic N) is 2. The molecule has 3 rings (SSSR count). The number of likely N-dealkylation sites (tertiary alicyclic amines) is 1. The van der Waals surface area contributed by atoms with Gasteiger partial charge in [0.1, 0.15) is 11.5 Å². The average molecular weight is 288 g/mol. The van der Waals surface area contributed by atoms with Crippen LogP contribution in [0.25, 0.3) is 11.5 Å². The Hall–Kier alpha value is -1.59. The van der Waals surface area contributed by atoms with Crippen LogP contribution in [0, 0.1) is 6.92 Å². The molecule has 1 aliphatic rings. The maximum Gasteiger partial charge on any atom is 0.152 e. The fraction of sp³-hybridized carbons (Fsp3) is 0.562. The molecule has 2 aromatic rings. The highest BCUT2D eigenvalue weighted by atomic mass is 16.3. The first-order valence-electron chi connectivity index (χ1n) is 7.81. The van der Waals surface area contributed by atoms with Gasteiger partial charge in [0.25, 0.3) is 0 Å². The van der Waals surface area contributed by atoms with Crippen LogP contribution in [0.3, 0.4) is 0 Å². The van der Waals surface area contributed by atoms with Crippen LogP contribution in [-0.2, 0) is 6.54 Å². The molecule has 0 bridgehead atoms. The SMILES string of the molecule is CCN1CCC[C@@H]1CNCc1cn[nH]c1-c1ccc(C)o1. The molecule has 114 valence electrons. The van der Waals surface area contributed by atoms with Crippen LogP contribution in [-0.4, -0.2) is 40.8 Å². The van der Waals surface area contributed by atoms with Crippen LogP contribution in [0.2, 0.25) is 0 Å². The number of rotatable bonds is 6. The maximum absolute atomic E-state index is 5.68. The Kier molecular flexibility index (Phi) is 4.41. The number of furan rings is 1. The lowest BCUT2D eigenvalue weighted by atomic mass is 10.2. The minimum Gasteiger partial charge on any atom is -0.460 e. The summed E-state index contributed by atoms with van der Waals surface area (Å²) in [6.07, 6.45) is 4.51. The van der Waals surface area contributed by atoms with E-state index in [9.17, 15) is 0 Å². The molecule has 0 aromatic carbocycles. The Labute approximate surface area is 125 Å². The average Bonchev–Trinajstić information content (AvgIpc) is 3.19. The van der Waals surface area contributed by atoms with Crippen LogP contribution >= 0.6 is 0 Å². The second-order valence-corrected chi connectivity index (χ2v) is 5.74. The molecule has 5 nitrogen and oxygen atoms in total. The zero-order valence-electron chi connectivity index (χ0n) is 12.9. The molecule has 1 saturated heterocycles. The van der Waals surface area contributed by atoms with E-state index in [1.165, 1.54) is 19.4 Å². The van der Waals surface area contributed by atoms with Gasteiger partial charge < -0.3 is 9.73 Å². The van der Waals surface area contributed by atoms with Crippen LogP contribution in [0.5, 0.6) is 0 Å². The smallest absolute Gasteiger partial charge is 0.152 e. The quantitative estimate of drug-likeness (QED) is 0.857. The van der Waals surface area contributed by atoms with E-state index in [0.29, 0.717) is 6.04 Å². The highest BCUT2D eigenvalue weighted by Gasteiger charge is 2.22. The molecule has 0 unspecified atom stereocenters. The fourth-order valence-corrected chi connectivity index (χ4v) is 3.14. The highest BCUT2D eigenvalue weighted by molar-refractivity contribution is 5.56. The molecule has 0 radical (unpaired) electrons. The van der Waals surface area contributed by atoms with Gasteiger partial charge in [-0.1, -0.05) is 6.92 Å². The van der Waals surface area contributed by atoms with Gasteiger partial charge in [0.05, 0.1) is 6.20 Å². The van der Waals surface area contributed by atoms with Gasteiger partial charge in [-0.3, -0.25) is 10.00 Å². The molecule has 1 aliphatic heterocycles. The molecule has 0 amide bonds. The number of aromatic nitrogens is 2. The number of likely N-dealkylation sites (N-methyl/N-ethyl adjacent to an activating group) is 1. The molecule has 3 heterocycles. The summed E-state index contributed by atoms with van der Waals surface area (Å²) in [6, 6.07) is 4.64. The lowest BCUT2D eigenvalue weighted by Crippen LogP contribution is -2.37. The Morgan fingerprint density at radius 2 is 2.38 bits per heavy atom. The summed E-state index contributed by atoms with van der Waals surface area (Å²) in [6.45, 7) is 8.44. The molecule has 1 fully saturated rings.